The van der Waals surface area contributed by atoms with Crippen molar-refractivity contribution in [2.45, 2.75) is 65.3 Å². The van der Waals surface area contributed by atoms with E-state index in [-0.39, 0.29) is 5.75 Å². The summed E-state index contributed by atoms with van der Waals surface area (Å²) in [5.41, 5.74) is 4.76. The van der Waals surface area contributed by atoms with Gasteiger partial charge in [-0.2, -0.15) is 0 Å². The van der Waals surface area contributed by atoms with Gasteiger partial charge in [0.15, 0.2) is 5.58 Å². The van der Waals surface area contributed by atoms with Crippen molar-refractivity contribution in [1.82, 2.24) is 5.16 Å². The van der Waals surface area contributed by atoms with Gasteiger partial charge in [-0.3, -0.25) is 0 Å². The number of aliphatic carboxylic acids is 1. The van der Waals surface area contributed by atoms with Crippen LogP contribution >= 0.6 is 0 Å². The van der Waals surface area contributed by atoms with Crippen molar-refractivity contribution < 1.29 is 37.1 Å². The lowest BCUT2D eigenvalue weighted by Gasteiger charge is -2.25. The molecular formula is C30H30F3NO5. The van der Waals surface area contributed by atoms with E-state index in [2.05, 4.69) is 9.89 Å². The molecule has 9 heteroatoms. The smallest absolute Gasteiger partial charge is 0.478 e. The van der Waals surface area contributed by atoms with Gasteiger partial charge in [-0.05, 0) is 98.5 Å². The predicted octanol–water partition coefficient (Wildman–Crippen LogP) is 7.82. The molecule has 4 aromatic rings. The third-order valence-electron chi connectivity index (χ3n) is 6.93. The van der Waals surface area contributed by atoms with E-state index in [1.54, 1.807) is 32.0 Å². The van der Waals surface area contributed by atoms with Gasteiger partial charge < -0.3 is 19.1 Å². The third kappa shape index (κ3) is 6.53. The molecule has 6 nitrogen and oxygen atoms in total. The van der Waals surface area contributed by atoms with E-state index >= 15 is 0 Å². The summed E-state index contributed by atoms with van der Waals surface area (Å²) in [6.45, 7) is 7.17. The number of hydrogen-bond donors (Lipinski definition) is 1. The molecule has 1 unspecified atom stereocenters. The predicted molar refractivity (Wildman–Crippen MR) is 141 cm³/mol. The molecule has 0 amide bonds. The van der Waals surface area contributed by atoms with Crippen LogP contribution in [0, 0.1) is 13.8 Å². The van der Waals surface area contributed by atoms with Crippen molar-refractivity contribution in [3.05, 3.63) is 77.0 Å². The highest BCUT2D eigenvalue weighted by atomic mass is 19.4. The average molecular weight is 542 g/mol. The lowest BCUT2D eigenvalue weighted by Crippen LogP contribution is -2.40. The Labute approximate surface area is 224 Å². The Bertz CT molecular complexity index is 1480. The highest BCUT2D eigenvalue weighted by Crippen LogP contribution is 2.32. The van der Waals surface area contributed by atoms with E-state index in [1.807, 2.05) is 38.1 Å². The van der Waals surface area contributed by atoms with Gasteiger partial charge >= 0.3 is 12.3 Å². The number of halogens is 3. The van der Waals surface area contributed by atoms with Crippen molar-refractivity contribution in [3.8, 4) is 22.6 Å². The van der Waals surface area contributed by atoms with Crippen LogP contribution in [-0.4, -0.2) is 28.2 Å². The molecule has 0 radical (unpaired) electrons. The number of carboxylic acids is 1. The zero-order valence-electron chi connectivity index (χ0n) is 22.2. The molecule has 39 heavy (non-hydrogen) atoms. The molecule has 0 aliphatic carbocycles. The first-order chi connectivity index (χ1) is 18.4. The largest absolute Gasteiger partial charge is 0.573 e. The van der Waals surface area contributed by atoms with Crippen LogP contribution < -0.4 is 9.47 Å². The maximum Gasteiger partial charge on any atom is 0.573 e. The summed E-state index contributed by atoms with van der Waals surface area (Å²) in [6, 6.07) is 15.4. The molecule has 0 aliphatic rings. The number of ether oxygens (including phenoxy) is 2. The first kappa shape index (κ1) is 28.0. The molecule has 0 saturated heterocycles. The van der Waals surface area contributed by atoms with Crippen molar-refractivity contribution in [1.29, 1.82) is 0 Å². The first-order valence-corrected chi connectivity index (χ1v) is 12.7. The summed E-state index contributed by atoms with van der Waals surface area (Å²) in [5, 5.41) is 14.6. The number of aryl methyl sites for hydroxylation is 4. The van der Waals surface area contributed by atoms with Gasteiger partial charge in [-0.1, -0.05) is 42.4 Å². The van der Waals surface area contributed by atoms with Crippen molar-refractivity contribution in [2.75, 3.05) is 0 Å². The highest BCUT2D eigenvalue weighted by molar-refractivity contribution is 5.83. The molecule has 0 saturated carbocycles. The Kier molecular flexibility index (Phi) is 7.90. The normalized spacial score (nSPS) is 13.3. The number of rotatable bonds is 10. The fourth-order valence-corrected chi connectivity index (χ4v) is 4.37. The minimum atomic E-state index is -4.72. The molecule has 1 heterocycles. The quantitative estimate of drug-likeness (QED) is 0.220. The molecule has 0 fully saturated rings. The maximum absolute atomic E-state index is 12.4. The topological polar surface area (TPSA) is 81.8 Å². The molecule has 3 aromatic carbocycles. The lowest BCUT2D eigenvalue weighted by atomic mass is 9.96. The van der Waals surface area contributed by atoms with Crippen molar-refractivity contribution in [2.24, 2.45) is 0 Å². The third-order valence-corrected chi connectivity index (χ3v) is 6.93. The number of benzene rings is 3. The van der Waals surface area contributed by atoms with Crippen LogP contribution in [0.2, 0.25) is 0 Å². The van der Waals surface area contributed by atoms with Crippen LogP contribution in [0.25, 0.3) is 22.1 Å². The summed E-state index contributed by atoms with van der Waals surface area (Å²) < 4.78 is 52.6. The Morgan fingerprint density at radius 3 is 2.26 bits per heavy atom. The molecule has 1 atom stereocenters. The van der Waals surface area contributed by atoms with Gasteiger partial charge in [0.25, 0.3) is 0 Å². The van der Waals surface area contributed by atoms with Gasteiger partial charge in [0.05, 0.1) is 5.69 Å². The standard InChI is InChI=1S/C30H30F3NO5/c1-5-29(4,28(35)36)38-26-17-24-25(34-39-27(24)16-19(26)3)8-6-7-20-9-10-22(15-18(20)2)21-11-13-23(14-12-21)37-30(31,32)33/h9-17H,5-8H2,1-4H3,(H,35,36). The van der Waals surface area contributed by atoms with E-state index in [4.69, 9.17) is 9.26 Å². The van der Waals surface area contributed by atoms with Crippen LogP contribution in [-0.2, 0) is 17.6 Å². The number of carbonyl (C=O) groups is 1. The van der Waals surface area contributed by atoms with Gasteiger partial charge in [0, 0.05) is 5.39 Å². The molecule has 1 aromatic heterocycles. The van der Waals surface area contributed by atoms with Crippen LogP contribution in [0.15, 0.2) is 59.1 Å². The number of hydrogen-bond acceptors (Lipinski definition) is 5. The molecule has 0 spiro atoms. The summed E-state index contributed by atoms with van der Waals surface area (Å²) >= 11 is 0. The van der Waals surface area contributed by atoms with Crippen LogP contribution in [0.5, 0.6) is 11.5 Å². The number of carboxylic acid groups (broad SMARTS) is 1. The number of fused-ring (bicyclic) bond motifs is 1. The number of alkyl halides is 3. The van der Waals surface area contributed by atoms with Gasteiger partial charge in [0.1, 0.15) is 11.5 Å². The second-order valence-electron chi connectivity index (χ2n) is 9.80. The second-order valence-corrected chi connectivity index (χ2v) is 9.80. The summed E-state index contributed by atoms with van der Waals surface area (Å²) in [5.74, 6) is -0.790. The van der Waals surface area contributed by atoms with E-state index in [0.29, 0.717) is 24.2 Å². The Morgan fingerprint density at radius 2 is 1.64 bits per heavy atom. The summed E-state index contributed by atoms with van der Waals surface area (Å²) in [6.07, 6.45) is -2.16. The molecule has 0 bridgehead atoms. The van der Waals surface area contributed by atoms with E-state index in [0.717, 1.165) is 51.7 Å². The zero-order valence-corrected chi connectivity index (χ0v) is 22.2. The van der Waals surface area contributed by atoms with Crippen LogP contribution in [0.1, 0.15) is 49.1 Å². The Hall–Kier alpha value is -4.01. The summed E-state index contributed by atoms with van der Waals surface area (Å²) in [7, 11) is 0. The van der Waals surface area contributed by atoms with Crippen molar-refractivity contribution in [3.63, 3.8) is 0 Å². The fourth-order valence-electron chi connectivity index (χ4n) is 4.37. The SMILES string of the molecule is CCC(C)(Oc1cc2c(CCCc3ccc(-c4ccc(OC(F)(F)F)cc4)cc3C)noc2cc1C)C(=O)O. The Morgan fingerprint density at radius 1 is 0.949 bits per heavy atom. The average Bonchev–Trinajstić information content (AvgIpc) is 3.25. The minimum absolute atomic E-state index is 0.255. The first-order valence-electron chi connectivity index (χ1n) is 12.7. The lowest BCUT2D eigenvalue weighted by molar-refractivity contribution is -0.274. The van der Waals surface area contributed by atoms with E-state index in [1.165, 1.54) is 12.1 Å². The maximum atomic E-state index is 12.4. The molecule has 0 aliphatic heterocycles. The van der Waals surface area contributed by atoms with Gasteiger partial charge in [-0.25, -0.2) is 4.79 Å². The molecular weight excluding hydrogens is 511 g/mol. The molecule has 4 rings (SSSR count). The molecule has 1 N–H and O–H groups in total. The minimum Gasteiger partial charge on any atom is -0.478 e. The van der Waals surface area contributed by atoms with Gasteiger partial charge in [-0.15, -0.1) is 13.2 Å². The van der Waals surface area contributed by atoms with Crippen LogP contribution in [0.3, 0.4) is 0 Å². The molecule has 206 valence electrons. The van der Waals surface area contributed by atoms with Crippen molar-refractivity contribution >= 4 is 16.9 Å². The Balaban J connectivity index is 1.44. The zero-order chi connectivity index (χ0) is 28.4. The summed E-state index contributed by atoms with van der Waals surface area (Å²) in [4.78, 5) is 11.7. The second kappa shape index (κ2) is 11.0. The van der Waals surface area contributed by atoms with E-state index < -0.39 is 17.9 Å². The number of nitrogens with zero attached hydrogens (tertiary/aromatic N) is 1. The monoisotopic (exact) mass is 541 g/mol. The van der Waals surface area contributed by atoms with Gasteiger partial charge in [0.2, 0.25) is 5.60 Å². The van der Waals surface area contributed by atoms with Crippen LogP contribution in [0.4, 0.5) is 13.2 Å². The van der Waals surface area contributed by atoms with E-state index in [9.17, 15) is 23.1 Å². The fraction of sp³-hybridized carbons (Fsp3) is 0.333. The number of aromatic nitrogens is 1. The highest BCUT2D eigenvalue weighted by Gasteiger charge is 2.34.